The van der Waals surface area contributed by atoms with Crippen LogP contribution >= 0.6 is 15.9 Å². The standard InChI is InChI=1S/C18H15BrO5/c19-6-1-7-23-13-4-2-11(3-5-13)14-10-24-16-9-12(20)8-15(21)17(16)18(14)22/h2-5,8-10,20-21H,1,6-7H2. The van der Waals surface area contributed by atoms with Crippen LogP contribution in [-0.4, -0.2) is 22.2 Å². The summed E-state index contributed by atoms with van der Waals surface area (Å²) in [5.74, 6) is 0.244. The molecule has 124 valence electrons. The highest BCUT2D eigenvalue weighted by molar-refractivity contribution is 9.09. The van der Waals surface area contributed by atoms with Gasteiger partial charge in [0.15, 0.2) is 0 Å². The van der Waals surface area contributed by atoms with Crippen LogP contribution < -0.4 is 10.2 Å². The van der Waals surface area contributed by atoms with E-state index in [-0.39, 0.29) is 27.9 Å². The number of hydrogen-bond acceptors (Lipinski definition) is 5. The van der Waals surface area contributed by atoms with Crippen LogP contribution in [0.5, 0.6) is 17.2 Å². The van der Waals surface area contributed by atoms with Gasteiger partial charge in [-0.25, -0.2) is 0 Å². The number of phenolic OH excluding ortho intramolecular Hbond substituents is 2. The summed E-state index contributed by atoms with van der Waals surface area (Å²) < 4.78 is 11.0. The van der Waals surface area contributed by atoms with Crippen LogP contribution in [0.4, 0.5) is 0 Å². The number of phenols is 2. The van der Waals surface area contributed by atoms with E-state index in [1.807, 2.05) is 0 Å². The topological polar surface area (TPSA) is 79.9 Å². The largest absolute Gasteiger partial charge is 0.508 e. The normalized spacial score (nSPS) is 10.9. The molecule has 0 atom stereocenters. The molecule has 24 heavy (non-hydrogen) atoms. The molecule has 0 unspecified atom stereocenters. The van der Waals surface area contributed by atoms with E-state index in [4.69, 9.17) is 9.15 Å². The Bertz CT molecular complexity index is 915. The van der Waals surface area contributed by atoms with Crippen molar-refractivity contribution in [2.24, 2.45) is 0 Å². The molecular weight excluding hydrogens is 376 g/mol. The van der Waals surface area contributed by atoms with Crippen LogP contribution in [0.3, 0.4) is 0 Å². The highest BCUT2D eigenvalue weighted by Gasteiger charge is 2.13. The van der Waals surface area contributed by atoms with Crippen LogP contribution in [0.25, 0.3) is 22.1 Å². The Morgan fingerprint density at radius 2 is 1.88 bits per heavy atom. The summed E-state index contributed by atoms with van der Waals surface area (Å²) >= 11 is 3.34. The third-order valence-electron chi connectivity index (χ3n) is 3.55. The molecule has 0 aliphatic rings. The van der Waals surface area contributed by atoms with E-state index in [0.29, 0.717) is 17.7 Å². The van der Waals surface area contributed by atoms with E-state index >= 15 is 0 Å². The number of benzene rings is 2. The van der Waals surface area contributed by atoms with Gasteiger partial charge in [-0.15, -0.1) is 0 Å². The molecule has 6 heteroatoms. The fourth-order valence-corrected chi connectivity index (χ4v) is 2.62. The molecule has 1 aromatic heterocycles. The maximum Gasteiger partial charge on any atom is 0.204 e. The maximum atomic E-state index is 12.6. The Kier molecular flexibility index (Phi) is 4.76. The van der Waals surface area contributed by atoms with Gasteiger partial charge in [0.05, 0.1) is 12.2 Å². The number of alkyl halides is 1. The number of aromatic hydroxyl groups is 2. The highest BCUT2D eigenvalue weighted by Crippen LogP contribution is 2.30. The van der Waals surface area contributed by atoms with Crippen LogP contribution in [0.1, 0.15) is 6.42 Å². The van der Waals surface area contributed by atoms with E-state index in [1.165, 1.54) is 12.3 Å². The first kappa shape index (κ1) is 16.4. The van der Waals surface area contributed by atoms with Gasteiger partial charge in [-0.1, -0.05) is 28.1 Å². The quantitative estimate of drug-likeness (QED) is 0.507. The van der Waals surface area contributed by atoms with Crippen LogP contribution in [-0.2, 0) is 0 Å². The second-order valence-corrected chi connectivity index (χ2v) is 6.02. The molecule has 0 aliphatic heterocycles. The summed E-state index contributed by atoms with van der Waals surface area (Å²) in [6, 6.07) is 9.50. The van der Waals surface area contributed by atoms with Crippen molar-refractivity contribution in [1.82, 2.24) is 0 Å². The van der Waals surface area contributed by atoms with Crippen molar-refractivity contribution >= 4 is 26.9 Å². The van der Waals surface area contributed by atoms with Gasteiger partial charge < -0.3 is 19.4 Å². The summed E-state index contributed by atoms with van der Waals surface area (Å²) in [5.41, 5.74) is 0.763. The summed E-state index contributed by atoms with van der Waals surface area (Å²) in [4.78, 5) is 12.6. The second-order valence-electron chi connectivity index (χ2n) is 5.23. The summed E-state index contributed by atoms with van der Waals surface area (Å²) in [5, 5.41) is 20.3. The molecule has 2 N–H and O–H groups in total. The first-order valence-electron chi connectivity index (χ1n) is 7.37. The van der Waals surface area contributed by atoms with Gasteiger partial charge in [-0.2, -0.15) is 0 Å². The number of rotatable bonds is 5. The number of ether oxygens (including phenoxy) is 1. The molecule has 0 saturated heterocycles. The molecule has 0 amide bonds. The van der Waals surface area contributed by atoms with Gasteiger partial charge >= 0.3 is 0 Å². The van der Waals surface area contributed by atoms with Crippen molar-refractivity contribution in [2.45, 2.75) is 6.42 Å². The van der Waals surface area contributed by atoms with Crippen molar-refractivity contribution in [1.29, 1.82) is 0 Å². The monoisotopic (exact) mass is 390 g/mol. The molecule has 3 rings (SSSR count). The average molecular weight is 391 g/mol. The first-order valence-corrected chi connectivity index (χ1v) is 8.49. The Morgan fingerprint density at radius 3 is 2.58 bits per heavy atom. The van der Waals surface area contributed by atoms with E-state index in [2.05, 4.69) is 15.9 Å². The molecule has 0 spiro atoms. The Balaban J connectivity index is 1.98. The molecule has 5 nitrogen and oxygen atoms in total. The molecule has 3 aromatic rings. The minimum Gasteiger partial charge on any atom is -0.508 e. The maximum absolute atomic E-state index is 12.6. The molecule has 0 aliphatic carbocycles. The molecule has 2 aromatic carbocycles. The van der Waals surface area contributed by atoms with Crippen molar-refractivity contribution in [2.75, 3.05) is 11.9 Å². The van der Waals surface area contributed by atoms with Crippen molar-refractivity contribution in [3.8, 4) is 28.4 Å². The Hall–Kier alpha value is -2.47. The molecular formula is C18H15BrO5. The molecule has 0 fully saturated rings. The van der Waals surface area contributed by atoms with Crippen LogP contribution in [0.15, 0.2) is 51.9 Å². The lowest BCUT2D eigenvalue weighted by atomic mass is 10.0. The minimum atomic E-state index is -0.360. The zero-order chi connectivity index (χ0) is 17.1. The van der Waals surface area contributed by atoms with Crippen LogP contribution in [0, 0.1) is 0 Å². The van der Waals surface area contributed by atoms with Crippen molar-refractivity contribution in [3.63, 3.8) is 0 Å². The summed E-state index contributed by atoms with van der Waals surface area (Å²) in [7, 11) is 0. The van der Waals surface area contributed by atoms with E-state index in [0.717, 1.165) is 23.6 Å². The predicted molar refractivity (Wildman–Crippen MR) is 95.2 cm³/mol. The van der Waals surface area contributed by atoms with Crippen LogP contribution in [0.2, 0.25) is 0 Å². The van der Waals surface area contributed by atoms with Gasteiger partial charge in [-0.3, -0.25) is 4.79 Å². The fraction of sp³-hybridized carbons (Fsp3) is 0.167. The molecule has 0 radical (unpaired) electrons. The highest BCUT2D eigenvalue weighted by atomic mass is 79.9. The molecule has 0 bridgehead atoms. The third-order valence-corrected chi connectivity index (χ3v) is 4.11. The zero-order valence-electron chi connectivity index (χ0n) is 12.7. The SMILES string of the molecule is O=c1c(-c2ccc(OCCCBr)cc2)coc2cc(O)cc(O)c12. The van der Waals surface area contributed by atoms with Gasteiger partial charge in [0.25, 0.3) is 0 Å². The third kappa shape index (κ3) is 3.23. The smallest absolute Gasteiger partial charge is 0.204 e. The zero-order valence-corrected chi connectivity index (χ0v) is 14.2. The van der Waals surface area contributed by atoms with Gasteiger partial charge in [0, 0.05) is 17.5 Å². The second kappa shape index (κ2) is 6.97. The fourth-order valence-electron chi connectivity index (χ4n) is 2.39. The van der Waals surface area contributed by atoms with E-state index in [1.54, 1.807) is 24.3 Å². The average Bonchev–Trinajstić information content (AvgIpc) is 2.55. The van der Waals surface area contributed by atoms with Crippen molar-refractivity contribution < 1.29 is 19.4 Å². The number of hydrogen-bond donors (Lipinski definition) is 2. The minimum absolute atomic E-state index is 0.0444. The molecule has 1 heterocycles. The van der Waals surface area contributed by atoms with E-state index in [9.17, 15) is 15.0 Å². The van der Waals surface area contributed by atoms with Gasteiger partial charge in [0.1, 0.15) is 34.5 Å². The van der Waals surface area contributed by atoms with Gasteiger partial charge in [-0.05, 0) is 24.1 Å². The lowest BCUT2D eigenvalue weighted by molar-refractivity contribution is 0.319. The number of fused-ring (bicyclic) bond motifs is 1. The predicted octanol–water partition coefficient (Wildman–Crippen LogP) is 4.04. The van der Waals surface area contributed by atoms with Gasteiger partial charge in [0.2, 0.25) is 5.43 Å². The lowest BCUT2D eigenvalue weighted by Crippen LogP contribution is -2.05. The molecule has 0 saturated carbocycles. The Labute approximate surface area is 146 Å². The first-order chi connectivity index (χ1) is 11.6. The van der Waals surface area contributed by atoms with E-state index < -0.39 is 0 Å². The van der Waals surface area contributed by atoms with Crippen molar-refractivity contribution in [3.05, 3.63) is 52.9 Å². The summed E-state index contributed by atoms with van der Waals surface area (Å²) in [6.45, 7) is 0.611. The Morgan fingerprint density at radius 1 is 1.12 bits per heavy atom. The number of halogens is 1. The lowest BCUT2D eigenvalue weighted by Gasteiger charge is -2.07. The summed E-state index contributed by atoms with van der Waals surface area (Å²) in [6.07, 6.45) is 2.23.